The minimum absolute atomic E-state index is 0.210. The predicted molar refractivity (Wildman–Crippen MR) is 114 cm³/mol. The van der Waals surface area contributed by atoms with E-state index in [4.69, 9.17) is 14.5 Å². The van der Waals surface area contributed by atoms with Crippen molar-refractivity contribution in [2.75, 3.05) is 30.4 Å². The molecule has 2 N–H and O–H groups in total. The topological polar surface area (TPSA) is 117 Å². The molecule has 1 aliphatic heterocycles. The molecule has 3 heterocycles. The first-order valence-electron chi connectivity index (χ1n) is 10.3. The van der Waals surface area contributed by atoms with Gasteiger partial charge < -0.3 is 24.7 Å². The van der Waals surface area contributed by atoms with Crippen LogP contribution < -0.4 is 10.2 Å². The number of anilines is 2. The Morgan fingerprint density at radius 1 is 1.17 bits per heavy atom. The highest BCUT2D eigenvalue weighted by atomic mass is 16.5. The van der Waals surface area contributed by atoms with Gasteiger partial charge in [-0.3, -0.25) is 0 Å². The summed E-state index contributed by atoms with van der Waals surface area (Å²) in [5, 5.41) is 19.3. The minimum atomic E-state index is 0.210. The fourth-order valence-corrected chi connectivity index (χ4v) is 3.64. The molecule has 1 fully saturated rings. The highest BCUT2D eigenvalue weighted by Gasteiger charge is 2.28. The van der Waals surface area contributed by atoms with E-state index in [9.17, 15) is 0 Å². The zero-order valence-electron chi connectivity index (χ0n) is 17.8. The molecule has 9 nitrogen and oxygen atoms in total. The monoisotopic (exact) mass is 409 g/mol. The summed E-state index contributed by atoms with van der Waals surface area (Å²) < 4.78 is 11.0. The van der Waals surface area contributed by atoms with Crippen LogP contribution in [0.5, 0.6) is 0 Å². The van der Waals surface area contributed by atoms with E-state index in [1.807, 2.05) is 39.1 Å². The molecule has 1 aliphatic rings. The maximum atomic E-state index is 7.88. The van der Waals surface area contributed by atoms with Crippen molar-refractivity contribution >= 4 is 17.4 Å². The molecule has 0 bridgehead atoms. The van der Waals surface area contributed by atoms with Crippen LogP contribution in [0.4, 0.5) is 11.7 Å². The molecule has 158 valence electrons. The average Bonchev–Trinajstić information content (AvgIpc) is 3.43. The molecule has 0 amide bonds. The Labute approximate surface area is 175 Å². The van der Waals surface area contributed by atoms with Gasteiger partial charge in [-0.25, -0.2) is 0 Å². The Kier molecular flexibility index (Phi) is 5.52. The third-order valence-corrected chi connectivity index (χ3v) is 5.45. The Hall–Kier alpha value is -3.23. The molecule has 0 unspecified atom stereocenters. The highest BCUT2D eigenvalue weighted by molar-refractivity contribution is 6.02. The maximum absolute atomic E-state index is 7.88. The summed E-state index contributed by atoms with van der Waals surface area (Å²) in [5.41, 5.74) is 3.11. The molecule has 2 aromatic heterocycles. The first-order valence-corrected chi connectivity index (χ1v) is 10.3. The molecule has 4 rings (SSSR count). The molecule has 3 aromatic rings. The lowest BCUT2D eigenvalue weighted by Gasteiger charge is -2.28. The number of hydrogen-bond acceptors (Lipinski definition) is 9. The van der Waals surface area contributed by atoms with E-state index in [0.29, 0.717) is 23.4 Å². The lowest BCUT2D eigenvalue weighted by molar-refractivity contribution is 0.322. The number of nitrogens with zero attached hydrogens (tertiary/aromatic N) is 5. The van der Waals surface area contributed by atoms with E-state index in [1.54, 1.807) is 6.92 Å². The van der Waals surface area contributed by atoms with E-state index >= 15 is 0 Å². The van der Waals surface area contributed by atoms with Crippen molar-refractivity contribution in [3.05, 3.63) is 35.5 Å². The van der Waals surface area contributed by atoms with Crippen molar-refractivity contribution in [2.45, 2.75) is 45.4 Å². The van der Waals surface area contributed by atoms with Crippen LogP contribution in [0.15, 0.2) is 27.2 Å². The van der Waals surface area contributed by atoms with E-state index < -0.39 is 0 Å². The molecule has 0 aliphatic carbocycles. The Morgan fingerprint density at radius 2 is 1.93 bits per heavy atom. The molecular weight excluding hydrogens is 382 g/mol. The van der Waals surface area contributed by atoms with Crippen molar-refractivity contribution in [3.63, 3.8) is 0 Å². The summed E-state index contributed by atoms with van der Waals surface area (Å²) in [7, 11) is 1.84. The molecule has 1 aromatic carbocycles. The van der Waals surface area contributed by atoms with Crippen molar-refractivity contribution in [3.8, 4) is 11.4 Å². The minimum Gasteiger partial charge on any atom is -0.388 e. The van der Waals surface area contributed by atoms with Crippen molar-refractivity contribution in [2.24, 2.45) is 0 Å². The number of nitrogens with one attached hydrogen (secondary N) is 2. The van der Waals surface area contributed by atoms with Gasteiger partial charge in [0.25, 0.3) is 0 Å². The summed E-state index contributed by atoms with van der Waals surface area (Å²) in [5.74, 6) is 2.42. The molecule has 9 heteroatoms. The third kappa shape index (κ3) is 3.92. The van der Waals surface area contributed by atoms with Gasteiger partial charge in [-0.05, 0) is 25.8 Å². The quantitative estimate of drug-likeness (QED) is 0.586. The van der Waals surface area contributed by atoms with E-state index in [1.165, 1.54) is 0 Å². The molecular formula is C21H27N7O2. The largest absolute Gasteiger partial charge is 0.388 e. The zero-order valence-corrected chi connectivity index (χ0v) is 17.8. The Balaban J connectivity index is 1.44. The summed E-state index contributed by atoms with van der Waals surface area (Å²) in [6.45, 7) is 7.48. The second-order valence-electron chi connectivity index (χ2n) is 7.94. The lowest BCUT2D eigenvalue weighted by Crippen LogP contribution is -2.33. The van der Waals surface area contributed by atoms with Gasteiger partial charge in [-0.1, -0.05) is 36.3 Å². The van der Waals surface area contributed by atoms with Gasteiger partial charge in [0.1, 0.15) is 0 Å². The number of benzene rings is 1. The molecule has 30 heavy (non-hydrogen) atoms. The average molecular weight is 409 g/mol. The van der Waals surface area contributed by atoms with Crippen LogP contribution in [0.2, 0.25) is 0 Å². The summed E-state index contributed by atoms with van der Waals surface area (Å²) >= 11 is 0. The van der Waals surface area contributed by atoms with Crippen LogP contribution in [0.25, 0.3) is 11.4 Å². The maximum Gasteiger partial charge on any atom is 0.324 e. The van der Waals surface area contributed by atoms with Gasteiger partial charge in [-0.15, -0.1) is 0 Å². The SMILES string of the molecule is CNc1cc(-c2noc(C3CCN(c4nc(C(C)C)no4)CC3)n2)ccc1C(C)=N. The van der Waals surface area contributed by atoms with Gasteiger partial charge >= 0.3 is 6.01 Å². The lowest BCUT2D eigenvalue weighted by atomic mass is 9.97. The molecule has 0 spiro atoms. The molecule has 0 radical (unpaired) electrons. The molecule has 0 atom stereocenters. The first kappa shape index (κ1) is 20.1. The normalized spacial score (nSPS) is 15.0. The third-order valence-electron chi connectivity index (χ3n) is 5.45. The molecule has 0 saturated carbocycles. The summed E-state index contributed by atoms with van der Waals surface area (Å²) in [6, 6.07) is 6.37. The smallest absolute Gasteiger partial charge is 0.324 e. The van der Waals surface area contributed by atoms with Crippen LogP contribution in [-0.2, 0) is 0 Å². The van der Waals surface area contributed by atoms with Crippen molar-refractivity contribution in [1.82, 2.24) is 20.3 Å². The Morgan fingerprint density at radius 3 is 2.57 bits per heavy atom. The van der Waals surface area contributed by atoms with Crippen LogP contribution in [0.1, 0.15) is 62.7 Å². The van der Waals surface area contributed by atoms with Crippen molar-refractivity contribution < 1.29 is 9.05 Å². The van der Waals surface area contributed by atoms with Crippen LogP contribution in [0, 0.1) is 5.41 Å². The van der Waals surface area contributed by atoms with Gasteiger partial charge in [0.05, 0.1) is 0 Å². The van der Waals surface area contributed by atoms with Gasteiger partial charge in [0.15, 0.2) is 5.82 Å². The number of rotatable bonds is 6. The van der Waals surface area contributed by atoms with E-state index in [0.717, 1.165) is 48.6 Å². The Bertz CT molecular complexity index is 1030. The van der Waals surface area contributed by atoms with Crippen LogP contribution in [-0.4, -0.2) is 46.1 Å². The first-order chi connectivity index (χ1) is 14.5. The summed E-state index contributed by atoms with van der Waals surface area (Å²) in [4.78, 5) is 11.3. The summed E-state index contributed by atoms with van der Waals surface area (Å²) in [6.07, 6.45) is 1.77. The number of aromatic nitrogens is 4. The molecule has 1 saturated heterocycles. The van der Waals surface area contributed by atoms with Gasteiger partial charge in [0.2, 0.25) is 11.7 Å². The predicted octanol–water partition coefficient (Wildman–Crippen LogP) is 4.06. The zero-order chi connectivity index (χ0) is 21.3. The number of piperidine rings is 1. The van der Waals surface area contributed by atoms with E-state index in [-0.39, 0.29) is 11.8 Å². The van der Waals surface area contributed by atoms with Gasteiger partial charge in [-0.2, -0.15) is 9.97 Å². The highest BCUT2D eigenvalue weighted by Crippen LogP contribution is 2.31. The van der Waals surface area contributed by atoms with Gasteiger partial charge in [0, 0.05) is 54.5 Å². The van der Waals surface area contributed by atoms with E-state index in [2.05, 4.69) is 30.5 Å². The second-order valence-corrected chi connectivity index (χ2v) is 7.94. The number of hydrogen-bond donors (Lipinski definition) is 2. The second kappa shape index (κ2) is 8.25. The van der Waals surface area contributed by atoms with Crippen LogP contribution >= 0.6 is 0 Å². The van der Waals surface area contributed by atoms with Crippen LogP contribution in [0.3, 0.4) is 0 Å². The fraction of sp³-hybridized carbons (Fsp3) is 0.476. The van der Waals surface area contributed by atoms with Crippen molar-refractivity contribution in [1.29, 1.82) is 5.41 Å². The fourth-order valence-electron chi connectivity index (χ4n) is 3.64. The standard InChI is InChI=1S/C21H27N7O2/c1-12(2)18-25-21(30-26-18)28-9-7-14(8-10-28)20-24-19(27-29-20)15-5-6-16(13(3)22)17(11-15)23-4/h5-6,11-12,14,22-23H,7-10H2,1-4H3.